The number of aromatic nitrogens is 1. The molecule has 0 fully saturated rings. The molecule has 1 radical (unpaired) electrons. The summed E-state index contributed by atoms with van der Waals surface area (Å²) >= 11 is 0. The molecule has 0 spiro atoms. The van der Waals surface area contributed by atoms with Gasteiger partial charge in [0, 0.05) is 5.39 Å². The summed E-state index contributed by atoms with van der Waals surface area (Å²) in [5.74, 6) is 0.289. The van der Waals surface area contributed by atoms with Crippen molar-refractivity contribution in [3.8, 4) is 5.88 Å². The standard InChI is InChI=1S/C17H17N4O3S/c1-10(2)11-3-8-14-15(9-11)19-17(22)16(14)21-20-12-4-6-13(7-5-12)25(18,23)24/h3-10,18-19,22H,1-2H3. The molecule has 0 saturated heterocycles. The predicted molar refractivity (Wildman–Crippen MR) is 95.0 cm³/mol. The molecule has 7 nitrogen and oxygen atoms in total. The number of hydrogen-bond acceptors (Lipinski definition) is 5. The Morgan fingerprint density at radius 3 is 2.36 bits per heavy atom. The Kier molecular flexibility index (Phi) is 4.32. The molecule has 3 aromatic rings. The van der Waals surface area contributed by atoms with Gasteiger partial charge in [-0.2, -0.15) is 5.11 Å². The van der Waals surface area contributed by atoms with Crippen LogP contribution < -0.4 is 5.14 Å². The number of rotatable bonds is 4. The number of H-pyrrole nitrogens is 1. The first-order chi connectivity index (χ1) is 11.8. The second-order valence-electron chi connectivity index (χ2n) is 5.98. The van der Waals surface area contributed by atoms with Crippen LogP contribution in [0.25, 0.3) is 10.9 Å². The Balaban J connectivity index is 1.94. The number of benzene rings is 2. The minimum atomic E-state index is -3.99. The molecule has 0 unspecified atom stereocenters. The number of sulfonamides is 1. The molecule has 8 heteroatoms. The van der Waals surface area contributed by atoms with Crippen LogP contribution in [0.2, 0.25) is 0 Å². The predicted octanol–water partition coefficient (Wildman–Crippen LogP) is 4.38. The molecule has 3 N–H and O–H groups in total. The molecule has 0 atom stereocenters. The Hall–Kier alpha value is -2.71. The van der Waals surface area contributed by atoms with Gasteiger partial charge < -0.3 is 10.1 Å². The molecule has 0 saturated carbocycles. The lowest BCUT2D eigenvalue weighted by atomic mass is 10.0. The van der Waals surface area contributed by atoms with Crippen LogP contribution in [-0.4, -0.2) is 18.5 Å². The summed E-state index contributed by atoms with van der Waals surface area (Å²) < 4.78 is 22.3. The van der Waals surface area contributed by atoms with Crippen LogP contribution in [0.15, 0.2) is 57.6 Å². The van der Waals surface area contributed by atoms with E-state index in [9.17, 15) is 13.5 Å². The first-order valence-corrected chi connectivity index (χ1v) is 9.10. The van der Waals surface area contributed by atoms with Crippen LogP contribution in [0.1, 0.15) is 25.3 Å². The van der Waals surface area contributed by atoms with Gasteiger partial charge >= 0.3 is 0 Å². The van der Waals surface area contributed by atoms with E-state index < -0.39 is 10.0 Å². The van der Waals surface area contributed by atoms with Crippen LogP contribution in [0.3, 0.4) is 0 Å². The Bertz CT molecular complexity index is 1050. The van der Waals surface area contributed by atoms with Crippen LogP contribution in [-0.2, 0) is 10.0 Å². The largest absolute Gasteiger partial charge is 0.493 e. The van der Waals surface area contributed by atoms with Gasteiger partial charge in [-0.05, 0) is 41.8 Å². The van der Waals surface area contributed by atoms with Gasteiger partial charge in [-0.25, -0.2) is 8.42 Å². The fourth-order valence-corrected chi connectivity index (χ4v) is 2.94. The molecule has 25 heavy (non-hydrogen) atoms. The second-order valence-corrected chi connectivity index (χ2v) is 7.46. The van der Waals surface area contributed by atoms with Gasteiger partial charge in [0.25, 0.3) is 10.0 Å². The number of hydrogen-bond donors (Lipinski definition) is 2. The maximum atomic E-state index is 11.1. The van der Waals surface area contributed by atoms with E-state index in [1.165, 1.54) is 24.3 Å². The lowest BCUT2D eigenvalue weighted by molar-refractivity contribution is 0.459. The summed E-state index contributed by atoms with van der Waals surface area (Å²) in [5, 5.41) is 25.9. The van der Waals surface area contributed by atoms with Crippen LogP contribution >= 0.6 is 0 Å². The molecule has 0 aliphatic rings. The lowest BCUT2D eigenvalue weighted by Crippen LogP contribution is -1.99. The van der Waals surface area contributed by atoms with Gasteiger partial charge in [0.1, 0.15) is 0 Å². The van der Waals surface area contributed by atoms with E-state index in [0.717, 1.165) is 16.5 Å². The van der Waals surface area contributed by atoms with E-state index in [2.05, 4.69) is 29.1 Å². The number of azo groups is 1. The number of fused-ring (bicyclic) bond motifs is 1. The summed E-state index contributed by atoms with van der Waals surface area (Å²) in [4.78, 5) is 2.78. The molecule has 0 amide bonds. The van der Waals surface area contributed by atoms with Crippen molar-refractivity contribution < 1.29 is 13.5 Å². The fraction of sp³-hybridized carbons (Fsp3) is 0.176. The number of aromatic hydroxyl groups is 1. The summed E-state index contributed by atoms with van der Waals surface area (Å²) in [6.45, 7) is 4.18. The van der Waals surface area contributed by atoms with Crippen LogP contribution in [0, 0.1) is 0 Å². The van der Waals surface area contributed by atoms with Crippen molar-refractivity contribution in [2.75, 3.05) is 0 Å². The van der Waals surface area contributed by atoms with Crippen molar-refractivity contribution in [1.29, 1.82) is 0 Å². The van der Waals surface area contributed by atoms with Crippen molar-refractivity contribution in [2.24, 2.45) is 10.2 Å². The third-order valence-electron chi connectivity index (χ3n) is 3.86. The normalized spacial score (nSPS) is 12.5. The molecule has 0 aliphatic heterocycles. The van der Waals surface area contributed by atoms with E-state index in [4.69, 9.17) is 5.14 Å². The summed E-state index contributed by atoms with van der Waals surface area (Å²) in [6.07, 6.45) is 0. The smallest absolute Gasteiger partial charge is 0.254 e. The SMILES string of the molecule is CC(C)c1ccc2c(N=Nc3ccc(S([NH])(=O)=O)cc3)c(O)[nH]c2c1. The maximum absolute atomic E-state index is 11.1. The average Bonchev–Trinajstić information content (AvgIpc) is 2.86. The Morgan fingerprint density at radius 1 is 1.08 bits per heavy atom. The molecular weight excluding hydrogens is 340 g/mol. The quantitative estimate of drug-likeness (QED) is 0.674. The molecule has 3 rings (SSSR count). The van der Waals surface area contributed by atoms with Gasteiger partial charge in [-0.15, -0.1) is 10.3 Å². The van der Waals surface area contributed by atoms with Crippen LogP contribution in [0.5, 0.6) is 5.88 Å². The van der Waals surface area contributed by atoms with Gasteiger partial charge in [0.2, 0.25) is 5.88 Å². The maximum Gasteiger partial charge on any atom is 0.254 e. The molecule has 0 bridgehead atoms. The zero-order chi connectivity index (χ0) is 18.2. The number of nitrogens with zero attached hydrogens (tertiary/aromatic N) is 2. The van der Waals surface area contributed by atoms with Crippen molar-refractivity contribution in [3.63, 3.8) is 0 Å². The van der Waals surface area contributed by atoms with Crippen LogP contribution in [0.4, 0.5) is 11.4 Å². The third-order valence-corrected chi connectivity index (χ3v) is 4.75. The topological polar surface area (TPSA) is 119 Å². The van der Waals surface area contributed by atoms with Crippen molar-refractivity contribution in [1.82, 2.24) is 10.1 Å². The average molecular weight is 357 g/mol. The first kappa shape index (κ1) is 17.1. The summed E-state index contributed by atoms with van der Waals surface area (Å²) in [7, 11) is -3.99. The number of aromatic amines is 1. The highest BCUT2D eigenvalue weighted by Crippen LogP contribution is 2.37. The minimum Gasteiger partial charge on any atom is -0.493 e. The van der Waals surface area contributed by atoms with E-state index in [-0.39, 0.29) is 10.8 Å². The molecular formula is C17H17N4O3S. The Labute approximate surface area is 145 Å². The molecule has 1 aromatic heterocycles. The monoisotopic (exact) mass is 357 g/mol. The zero-order valence-corrected chi connectivity index (χ0v) is 14.5. The van der Waals surface area contributed by atoms with Gasteiger partial charge in [-0.1, -0.05) is 26.0 Å². The summed E-state index contributed by atoms with van der Waals surface area (Å²) in [5.41, 5.74) is 2.65. The van der Waals surface area contributed by atoms with E-state index in [0.29, 0.717) is 17.3 Å². The first-order valence-electron chi connectivity index (χ1n) is 7.62. The van der Waals surface area contributed by atoms with Crippen molar-refractivity contribution in [2.45, 2.75) is 24.7 Å². The van der Waals surface area contributed by atoms with Gasteiger partial charge in [0.15, 0.2) is 5.69 Å². The third kappa shape index (κ3) is 3.54. The highest BCUT2D eigenvalue weighted by Gasteiger charge is 2.12. The molecule has 1 heterocycles. The van der Waals surface area contributed by atoms with Gasteiger partial charge in [0.05, 0.1) is 16.1 Å². The Morgan fingerprint density at radius 2 is 1.76 bits per heavy atom. The zero-order valence-electron chi connectivity index (χ0n) is 13.7. The molecule has 0 aliphatic carbocycles. The lowest BCUT2D eigenvalue weighted by Gasteiger charge is -2.04. The van der Waals surface area contributed by atoms with E-state index >= 15 is 0 Å². The highest BCUT2D eigenvalue weighted by molar-refractivity contribution is 7.88. The minimum absolute atomic E-state index is 0.0787. The molecule has 129 valence electrons. The highest BCUT2D eigenvalue weighted by atomic mass is 32.2. The van der Waals surface area contributed by atoms with Crippen molar-refractivity contribution >= 4 is 32.3 Å². The summed E-state index contributed by atoms with van der Waals surface area (Å²) in [6, 6.07) is 11.3. The second kappa shape index (κ2) is 6.30. The van der Waals surface area contributed by atoms with Crippen molar-refractivity contribution in [3.05, 3.63) is 48.0 Å². The van der Waals surface area contributed by atoms with Gasteiger partial charge in [-0.3, -0.25) is 0 Å². The molecule has 2 aromatic carbocycles. The number of nitrogens with one attached hydrogen (secondary N) is 2. The van der Waals surface area contributed by atoms with E-state index in [1.807, 2.05) is 18.2 Å². The van der Waals surface area contributed by atoms with E-state index in [1.54, 1.807) is 0 Å². The fourth-order valence-electron chi connectivity index (χ4n) is 2.45.